The van der Waals surface area contributed by atoms with Crippen molar-refractivity contribution in [3.63, 3.8) is 0 Å². The maximum absolute atomic E-state index is 12.4. The average Bonchev–Trinajstić information content (AvgIpc) is 2.40. The fourth-order valence-corrected chi connectivity index (χ4v) is 4.07. The number of benzene rings is 2. The zero-order valence-electron chi connectivity index (χ0n) is 11.3. The Morgan fingerprint density at radius 2 is 1.86 bits per heavy atom. The van der Waals surface area contributed by atoms with Crippen molar-refractivity contribution in [2.75, 3.05) is 4.72 Å². The molecular weight excluding hydrogens is 352 g/mol. The van der Waals surface area contributed by atoms with Crippen LogP contribution in [0.25, 0.3) is 0 Å². The Kier molecular flexibility index (Phi) is 4.66. The summed E-state index contributed by atoms with van der Waals surface area (Å²) in [6.07, 6.45) is 0.302. The van der Waals surface area contributed by atoms with Gasteiger partial charge in [0, 0.05) is 10.2 Å². The highest BCUT2D eigenvalue weighted by atomic mass is 79.9. The first kappa shape index (κ1) is 15.5. The van der Waals surface area contributed by atoms with Crippen LogP contribution in [0.15, 0.2) is 51.8 Å². The van der Waals surface area contributed by atoms with Gasteiger partial charge in [0.05, 0.1) is 12.5 Å². The Bertz CT molecular complexity index is 793. The summed E-state index contributed by atoms with van der Waals surface area (Å²) in [6, 6.07) is 13.9. The van der Waals surface area contributed by atoms with Crippen LogP contribution >= 0.6 is 15.9 Å². The molecule has 0 radical (unpaired) electrons. The number of anilines is 1. The molecule has 108 valence electrons. The van der Waals surface area contributed by atoms with E-state index in [9.17, 15) is 8.42 Å². The normalized spacial score (nSPS) is 10.9. The van der Waals surface area contributed by atoms with Gasteiger partial charge in [-0.1, -0.05) is 18.2 Å². The highest BCUT2D eigenvalue weighted by Gasteiger charge is 2.17. The Morgan fingerprint density at radius 3 is 2.43 bits per heavy atom. The van der Waals surface area contributed by atoms with Crippen LogP contribution in [0.2, 0.25) is 0 Å². The summed E-state index contributed by atoms with van der Waals surface area (Å²) in [5, 5.41) is 8.61. The van der Waals surface area contributed by atoms with E-state index in [0.29, 0.717) is 16.6 Å². The summed E-state index contributed by atoms with van der Waals surface area (Å²) in [5.41, 5.74) is 2.28. The van der Waals surface area contributed by atoms with Gasteiger partial charge in [-0.25, -0.2) is 8.42 Å². The molecule has 0 unspecified atom stereocenters. The van der Waals surface area contributed by atoms with E-state index in [2.05, 4.69) is 20.7 Å². The standard InChI is InChI=1S/C15H13BrN2O2S/c1-11-2-7-15(14(16)10-11)21(19,20)18-13-5-3-12(4-6-13)8-9-17/h2-7,10,18H,8H2,1H3. The molecule has 21 heavy (non-hydrogen) atoms. The molecule has 0 aliphatic carbocycles. The third-order valence-corrected chi connectivity index (χ3v) is 5.22. The van der Waals surface area contributed by atoms with Crippen LogP contribution in [-0.4, -0.2) is 8.42 Å². The van der Waals surface area contributed by atoms with E-state index >= 15 is 0 Å². The van der Waals surface area contributed by atoms with E-state index < -0.39 is 10.0 Å². The van der Waals surface area contributed by atoms with Crippen molar-refractivity contribution in [3.8, 4) is 6.07 Å². The number of aryl methyl sites for hydroxylation is 1. The Balaban J connectivity index is 2.27. The number of halogens is 1. The molecule has 4 nitrogen and oxygen atoms in total. The molecule has 2 aromatic rings. The van der Waals surface area contributed by atoms with Crippen LogP contribution in [0.3, 0.4) is 0 Å². The molecule has 0 fully saturated rings. The molecule has 0 aliphatic heterocycles. The van der Waals surface area contributed by atoms with Crippen molar-refractivity contribution >= 4 is 31.6 Å². The zero-order chi connectivity index (χ0) is 15.5. The monoisotopic (exact) mass is 364 g/mol. The highest BCUT2D eigenvalue weighted by molar-refractivity contribution is 9.10. The SMILES string of the molecule is Cc1ccc(S(=O)(=O)Nc2ccc(CC#N)cc2)c(Br)c1. The lowest BCUT2D eigenvalue weighted by atomic mass is 10.1. The molecule has 0 aromatic heterocycles. The number of nitriles is 1. The van der Waals surface area contributed by atoms with Crippen molar-refractivity contribution in [2.45, 2.75) is 18.2 Å². The molecule has 1 N–H and O–H groups in total. The van der Waals surface area contributed by atoms with Gasteiger partial charge < -0.3 is 0 Å². The number of hydrogen-bond donors (Lipinski definition) is 1. The number of nitrogens with one attached hydrogen (secondary N) is 1. The minimum Gasteiger partial charge on any atom is -0.280 e. The fourth-order valence-electron chi connectivity index (χ4n) is 1.82. The van der Waals surface area contributed by atoms with Gasteiger partial charge in [0.2, 0.25) is 0 Å². The van der Waals surface area contributed by atoms with Crippen molar-refractivity contribution in [3.05, 3.63) is 58.1 Å². The number of sulfonamides is 1. The largest absolute Gasteiger partial charge is 0.280 e. The maximum Gasteiger partial charge on any atom is 0.263 e. The van der Waals surface area contributed by atoms with Crippen molar-refractivity contribution < 1.29 is 8.42 Å². The lowest BCUT2D eigenvalue weighted by molar-refractivity contribution is 0.600. The highest BCUT2D eigenvalue weighted by Crippen LogP contribution is 2.25. The van der Waals surface area contributed by atoms with Gasteiger partial charge in [0.15, 0.2) is 0 Å². The van der Waals surface area contributed by atoms with Gasteiger partial charge in [-0.05, 0) is 58.2 Å². The minimum absolute atomic E-state index is 0.189. The molecular formula is C15H13BrN2O2S. The van der Waals surface area contributed by atoms with Gasteiger partial charge in [-0.3, -0.25) is 4.72 Å². The fraction of sp³-hybridized carbons (Fsp3) is 0.133. The molecule has 2 aromatic carbocycles. The third-order valence-electron chi connectivity index (χ3n) is 2.87. The van der Waals surface area contributed by atoms with Gasteiger partial charge >= 0.3 is 0 Å². The predicted octanol–water partition coefficient (Wildman–Crippen LogP) is 3.62. The Hall–Kier alpha value is -1.84. The summed E-state index contributed by atoms with van der Waals surface area (Å²) in [5.74, 6) is 0. The van der Waals surface area contributed by atoms with E-state index in [0.717, 1.165) is 11.1 Å². The molecule has 0 amide bonds. The van der Waals surface area contributed by atoms with Gasteiger partial charge in [-0.15, -0.1) is 0 Å². The number of rotatable bonds is 4. The summed E-state index contributed by atoms with van der Waals surface area (Å²) in [6.45, 7) is 1.89. The molecule has 0 saturated heterocycles. The quantitative estimate of drug-likeness (QED) is 0.900. The number of nitrogens with zero attached hydrogens (tertiary/aromatic N) is 1. The van der Waals surface area contributed by atoms with Crippen molar-refractivity contribution in [1.29, 1.82) is 5.26 Å². The van der Waals surface area contributed by atoms with Crippen LogP contribution in [0.1, 0.15) is 11.1 Å². The van der Waals surface area contributed by atoms with E-state index in [4.69, 9.17) is 5.26 Å². The van der Waals surface area contributed by atoms with Gasteiger partial charge in [-0.2, -0.15) is 5.26 Å². The first-order chi connectivity index (χ1) is 9.92. The average molecular weight is 365 g/mol. The molecule has 0 saturated carbocycles. The molecule has 0 aliphatic rings. The van der Waals surface area contributed by atoms with Crippen LogP contribution < -0.4 is 4.72 Å². The first-order valence-corrected chi connectivity index (χ1v) is 8.45. The Labute approximate surface area is 132 Å². The predicted molar refractivity (Wildman–Crippen MR) is 85.4 cm³/mol. The lowest BCUT2D eigenvalue weighted by Crippen LogP contribution is -2.13. The molecule has 0 atom stereocenters. The van der Waals surface area contributed by atoms with E-state index in [1.54, 1.807) is 42.5 Å². The molecule has 0 heterocycles. The Morgan fingerprint density at radius 1 is 1.19 bits per heavy atom. The van der Waals surface area contributed by atoms with Crippen LogP contribution in [-0.2, 0) is 16.4 Å². The zero-order valence-corrected chi connectivity index (χ0v) is 13.7. The topological polar surface area (TPSA) is 70.0 Å². The third kappa shape index (κ3) is 3.84. The lowest BCUT2D eigenvalue weighted by Gasteiger charge is -2.10. The second kappa shape index (κ2) is 6.29. The van der Waals surface area contributed by atoms with E-state index in [-0.39, 0.29) is 4.90 Å². The van der Waals surface area contributed by atoms with E-state index in [1.165, 1.54) is 0 Å². The van der Waals surface area contributed by atoms with Crippen molar-refractivity contribution in [2.24, 2.45) is 0 Å². The van der Waals surface area contributed by atoms with Gasteiger partial charge in [0.1, 0.15) is 4.90 Å². The first-order valence-electron chi connectivity index (χ1n) is 6.17. The van der Waals surface area contributed by atoms with Crippen LogP contribution in [0, 0.1) is 18.3 Å². The summed E-state index contributed by atoms with van der Waals surface area (Å²) >= 11 is 3.27. The molecule has 2 rings (SSSR count). The summed E-state index contributed by atoms with van der Waals surface area (Å²) < 4.78 is 27.7. The molecule has 0 spiro atoms. The summed E-state index contributed by atoms with van der Waals surface area (Å²) in [7, 11) is -3.65. The van der Waals surface area contributed by atoms with Crippen molar-refractivity contribution in [1.82, 2.24) is 0 Å². The van der Waals surface area contributed by atoms with E-state index in [1.807, 2.05) is 13.0 Å². The molecule has 6 heteroatoms. The minimum atomic E-state index is -3.65. The smallest absolute Gasteiger partial charge is 0.263 e. The van der Waals surface area contributed by atoms with Crippen LogP contribution in [0.4, 0.5) is 5.69 Å². The second-order valence-corrected chi connectivity index (χ2v) is 7.08. The van der Waals surface area contributed by atoms with Gasteiger partial charge in [0.25, 0.3) is 10.0 Å². The van der Waals surface area contributed by atoms with Crippen LogP contribution in [0.5, 0.6) is 0 Å². The number of hydrogen-bond acceptors (Lipinski definition) is 3. The summed E-state index contributed by atoms with van der Waals surface area (Å²) in [4.78, 5) is 0.189. The second-order valence-electron chi connectivity index (χ2n) is 4.57. The molecule has 0 bridgehead atoms. The maximum atomic E-state index is 12.4.